The van der Waals surface area contributed by atoms with E-state index in [4.69, 9.17) is 4.74 Å². The Morgan fingerprint density at radius 3 is 2.04 bits per heavy atom. The second kappa shape index (κ2) is 7.80. The van der Waals surface area contributed by atoms with Crippen LogP contribution in [0.3, 0.4) is 0 Å². The Bertz CT molecular complexity index is 810. The van der Waals surface area contributed by atoms with E-state index in [1.165, 1.54) is 0 Å². The molecule has 0 saturated carbocycles. The number of sulfone groups is 1. The van der Waals surface area contributed by atoms with E-state index in [9.17, 15) is 13.2 Å². The maximum absolute atomic E-state index is 12.4. The lowest BCUT2D eigenvalue weighted by molar-refractivity contribution is 0.0303. The van der Waals surface area contributed by atoms with Crippen molar-refractivity contribution in [2.45, 2.75) is 11.5 Å². The Morgan fingerprint density at radius 1 is 0.880 bits per heavy atom. The third-order valence-corrected chi connectivity index (χ3v) is 5.66. The first-order valence-electron chi connectivity index (χ1n) is 8.24. The van der Waals surface area contributed by atoms with Crippen molar-refractivity contribution in [2.24, 2.45) is 0 Å². The maximum Gasteiger partial charge on any atom is 0.254 e. The van der Waals surface area contributed by atoms with E-state index >= 15 is 0 Å². The topological polar surface area (TPSA) is 63.7 Å². The zero-order valence-electron chi connectivity index (χ0n) is 13.9. The molecule has 0 atom stereocenters. The number of rotatable bonds is 5. The fourth-order valence-electron chi connectivity index (χ4n) is 2.83. The van der Waals surface area contributed by atoms with E-state index < -0.39 is 9.84 Å². The number of benzene rings is 2. The lowest BCUT2D eigenvalue weighted by Crippen LogP contribution is -2.40. The number of nitrogens with zero attached hydrogens (tertiary/aromatic N) is 1. The Labute approximate surface area is 148 Å². The van der Waals surface area contributed by atoms with Gasteiger partial charge in [-0.15, -0.1) is 0 Å². The van der Waals surface area contributed by atoms with E-state index in [1.54, 1.807) is 29.2 Å². The molecule has 0 N–H and O–H groups in total. The largest absolute Gasteiger partial charge is 0.378 e. The van der Waals surface area contributed by atoms with Crippen LogP contribution in [0.15, 0.2) is 54.6 Å². The third kappa shape index (κ3) is 4.90. The Morgan fingerprint density at radius 2 is 1.44 bits per heavy atom. The summed E-state index contributed by atoms with van der Waals surface area (Å²) in [7, 11) is -3.25. The molecule has 5 nitrogen and oxygen atoms in total. The minimum atomic E-state index is -3.25. The van der Waals surface area contributed by atoms with Crippen LogP contribution < -0.4 is 0 Å². The van der Waals surface area contributed by atoms with Crippen molar-refractivity contribution in [3.63, 3.8) is 0 Å². The molecule has 0 bridgehead atoms. The van der Waals surface area contributed by atoms with Crippen molar-refractivity contribution < 1.29 is 17.9 Å². The first-order chi connectivity index (χ1) is 12.0. The molecule has 0 radical (unpaired) electrons. The summed E-state index contributed by atoms with van der Waals surface area (Å²) in [5.74, 6) is -0.0575. The van der Waals surface area contributed by atoms with E-state index in [0.717, 1.165) is 5.56 Å². The first-order valence-corrected chi connectivity index (χ1v) is 10.1. The third-order valence-electron chi connectivity index (χ3n) is 4.12. The van der Waals surface area contributed by atoms with Gasteiger partial charge in [0.05, 0.1) is 24.7 Å². The summed E-state index contributed by atoms with van der Waals surface area (Å²) in [4.78, 5) is 14.1. The number of morpholine rings is 1. The molecule has 6 heteroatoms. The van der Waals surface area contributed by atoms with Gasteiger partial charge in [0.15, 0.2) is 9.84 Å². The van der Waals surface area contributed by atoms with Crippen molar-refractivity contribution in [3.8, 4) is 0 Å². The molecular formula is C19H21NO4S. The molecule has 1 fully saturated rings. The molecule has 0 unspecified atom stereocenters. The summed E-state index contributed by atoms with van der Waals surface area (Å²) < 4.78 is 29.9. The van der Waals surface area contributed by atoms with Crippen molar-refractivity contribution in [3.05, 3.63) is 71.3 Å². The molecule has 1 aliphatic rings. The van der Waals surface area contributed by atoms with Gasteiger partial charge in [-0.1, -0.05) is 42.5 Å². The second-order valence-electron chi connectivity index (χ2n) is 6.12. The van der Waals surface area contributed by atoms with Gasteiger partial charge in [-0.2, -0.15) is 0 Å². The fourth-order valence-corrected chi connectivity index (χ4v) is 4.33. The average Bonchev–Trinajstić information content (AvgIpc) is 2.62. The highest BCUT2D eigenvalue weighted by Gasteiger charge is 2.19. The zero-order chi connectivity index (χ0) is 17.7. The van der Waals surface area contributed by atoms with Crippen LogP contribution in [0.4, 0.5) is 0 Å². The van der Waals surface area contributed by atoms with Crippen LogP contribution in [0, 0.1) is 0 Å². The molecule has 2 aromatic rings. The second-order valence-corrected chi connectivity index (χ2v) is 8.18. The SMILES string of the molecule is O=C(c1ccc(CS(=O)(=O)Cc2ccccc2)cc1)N1CCOCC1. The molecule has 3 rings (SSSR count). The van der Waals surface area contributed by atoms with Crippen LogP contribution >= 0.6 is 0 Å². The van der Waals surface area contributed by atoms with Gasteiger partial charge in [-0.05, 0) is 23.3 Å². The van der Waals surface area contributed by atoms with Gasteiger partial charge >= 0.3 is 0 Å². The van der Waals surface area contributed by atoms with E-state index in [2.05, 4.69) is 0 Å². The van der Waals surface area contributed by atoms with Gasteiger partial charge in [-0.3, -0.25) is 4.79 Å². The van der Waals surface area contributed by atoms with Crippen LogP contribution in [0.1, 0.15) is 21.5 Å². The summed E-state index contributed by atoms with van der Waals surface area (Å²) >= 11 is 0. The number of carbonyl (C=O) groups is 1. The molecule has 1 aliphatic heterocycles. The first kappa shape index (κ1) is 17.6. The highest BCUT2D eigenvalue weighted by atomic mass is 32.2. The lowest BCUT2D eigenvalue weighted by Gasteiger charge is -2.26. The molecule has 1 saturated heterocycles. The predicted octanol–water partition coefficient (Wildman–Crippen LogP) is 2.27. The van der Waals surface area contributed by atoms with Gasteiger partial charge in [-0.25, -0.2) is 8.42 Å². The average molecular weight is 359 g/mol. The highest BCUT2D eigenvalue weighted by molar-refractivity contribution is 7.89. The Hall–Kier alpha value is -2.18. The standard InChI is InChI=1S/C19H21NO4S/c21-19(20-10-12-24-13-11-20)18-8-6-17(7-9-18)15-25(22,23)14-16-4-2-1-3-5-16/h1-9H,10-15H2. The number of carbonyl (C=O) groups excluding carboxylic acids is 1. The molecule has 25 heavy (non-hydrogen) atoms. The molecule has 0 spiro atoms. The van der Waals surface area contributed by atoms with Crippen LogP contribution in [0.5, 0.6) is 0 Å². The van der Waals surface area contributed by atoms with E-state index in [0.29, 0.717) is 37.4 Å². The molecule has 2 aromatic carbocycles. The molecule has 132 valence electrons. The summed E-state index contributed by atoms with van der Waals surface area (Å²) in [5, 5.41) is 0. The van der Waals surface area contributed by atoms with Crippen LogP contribution in [-0.4, -0.2) is 45.5 Å². The Kier molecular flexibility index (Phi) is 5.50. The number of ether oxygens (including phenoxy) is 1. The summed E-state index contributed by atoms with van der Waals surface area (Å²) in [5.41, 5.74) is 2.04. The number of hydrogen-bond acceptors (Lipinski definition) is 4. The quantitative estimate of drug-likeness (QED) is 0.822. The van der Waals surface area contributed by atoms with E-state index in [-0.39, 0.29) is 17.4 Å². The fraction of sp³-hybridized carbons (Fsp3) is 0.316. The minimum Gasteiger partial charge on any atom is -0.378 e. The van der Waals surface area contributed by atoms with Crippen LogP contribution in [-0.2, 0) is 26.1 Å². The molecule has 1 amide bonds. The smallest absolute Gasteiger partial charge is 0.254 e. The van der Waals surface area contributed by atoms with Gasteiger partial charge < -0.3 is 9.64 Å². The van der Waals surface area contributed by atoms with Gasteiger partial charge in [0.25, 0.3) is 5.91 Å². The number of amides is 1. The van der Waals surface area contributed by atoms with Crippen molar-refractivity contribution in [1.82, 2.24) is 4.90 Å². The van der Waals surface area contributed by atoms with Gasteiger partial charge in [0.1, 0.15) is 0 Å². The molecular weight excluding hydrogens is 338 g/mol. The van der Waals surface area contributed by atoms with Crippen molar-refractivity contribution in [1.29, 1.82) is 0 Å². The number of hydrogen-bond donors (Lipinski definition) is 0. The summed E-state index contributed by atoms with van der Waals surface area (Å²) in [6.07, 6.45) is 0. The lowest BCUT2D eigenvalue weighted by atomic mass is 10.1. The van der Waals surface area contributed by atoms with Crippen LogP contribution in [0.25, 0.3) is 0 Å². The van der Waals surface area contributed by atoms with Crippen molar-refractivity contribution >= 4 is 15.7 Å². The minimum absolute atomic E-state index is 0.0162. The van der Waals surface area contributed by atoms with Gasteiger partial charge in [0.2, 0.25) is 0 Å². The normalized spacial score (nSPS) is 15.1. The van der Waals surface area contributed by atoms with Gasteiger partial charge in [0, 0.05) is 18.7 Å². The molecule has 0 aromatic heterocycles. The summed E-state index contributed by atoms with van der Waals surface area (Å²) in [6.45, 7) is 2.29. The monoisotopic (exact) mass is 359 g/mol. The van der Waals surface area contributed by atoms with Crippen molar-refractivity contribution in [2.75, 3.05) is 26.3 Å². The Balaban J connectivity index is 1.64. The predicted molar refractivity (Wildman–Crippen MR) is 95.9 cm³/mol. The molecule has 0 aliphatic carbocycles. The molecule has 1 heterocycles. The van der Waals surface area contributed by atoms with E-state index in [1.807, 2.05) is 30.3 Å². The highest BCUT2D eigenvalue weighted by Crippen LogP contribution is 2.15. The zero-order valence-corrected chi connectivity index (χ0v) is 14.7. The van der Waals surface area contributed by atoms with Crippen LogP contribution in [0.2, 0.25) is 0 Å². The summed E-state index contributed by atoms with van der Waals surface area (Å²) in [6, 6.07) is 16.0. The maximum atomic E-state index is 12.4.